The van der Waals surface area contributed by atoms with Crippen molar-refractivity contribution >= 4 is 51.4 Å². The predicted molar refractivity (Wildman–Crippen MR) is 169 cm³/mol. The molecule has 4 amide bonds. The number of rotatable bonds is 15. The molecule has 5 unspecified atom stereocenters. The number of amides is 4. The molecule has 2 aromatic heterocycles. The van der Waals surface area contributed by atoms with Crippen LogP contribution in [0, 0.1) is 5.92 Å². The van der Waals surface area contributed by atoms with Crippen LogP contribution in [-0.2, 0) is 36.8 Å². The smallest absolute Gasteiger partial charge is 0.326 e. The van der Waals surface area contributed by atoms with Crippen LogP contribution in [0.15, 0.2) is 60.9 Å². The SMILES string of the molecule is CCC(C)C(NC(=O)C(Cc1c[nH]c2ccccc12)NC(=O)C(N)Cc1c[nH]c2ccccc12)C(=O)NC(CC(N)=O)C(=O)O. The number of benzene rings is 2. The Labute approximate surface area is 259 Å². The lowest BCUT2D eigenvalue weighted by Gasteiger charge is -2.28. The maximum Gasteiger partial charge on any atom is 0.326 e. The number of hydrogen-bond acceptors (Lipinski definition) is 6. The first kappa shape index (κ1) is 32.7. The van der Waals surface area contributed by atoms with E-state index in [1.165, 1.54) is 0 Å². The molecule has 45 heavy (non-hydrogen) atoms. The number of nitrogens with two attached hydrogens (primary N) is 2. The predicted octanol–water partition coefficient (Wildman–Crippen LogP) is 1.22. The number of carboxylic acid groups (broad SMARTS) is 1. The number of aliphatic carboxylic acids is 1. The Kier molecular flexibility index (Phi) is 10.6. The third kappa shape index (κ3) is 8.06. The number of nitrogens with one attached hydrogen (secondary N) is 5. The summed E-state index contributed by atoms with van der Waals surface area (Å²) in [5.41, 5.74) is 14.9. The minimum Gasteiger partial charge on any atom is -0.480 e. The molecule has 4 rings (SSSR count). The fraction of sp³-hybridized carbons (Fsp3) is 0.344. The number of carbonyl (C=O) groups excluding carboxylic acids is 4. The maximum absolute atomic E-state index is 13.8. The molecule has 0 saturated carbocycles. The molecular formula is C32H39N7O6. The second kappa shape index (κ2) is 14.5. The summed E-state index contributed by atoms with van der Waals surface area (Å²) < 4.78 is 0. The van der Waals surface area contributed by atoms with Crippen LogP contribution < -0.4 is 27.4 Å². The lowest BCUT2D eigenvalue weighted by Crippen LogP contribution is -2.59. The molecule has 0 bridgehead atoms. The largest absolute Gasteiger partial charge is 0.480 e. The Morgan fingerprint density at radius 3 is 1.84 bits per heavy atom. The summed E-state index contributed by atoms with van der Waals surface area (Å²) in [5, 5.41) is 19.1. The van der Waals surface area contributed by atoms with E-state index in [0.717, 1.165) is 32.9 Å². The Morgan fingerprint density at radius 1 is 0.778 bits per heavy atom. The first-order chi connectivity index (χ1) is 21.5. The fourth-order valence-corrected chi connectivity index (χ4v) is 5.26. The van der Waals surface area contributed by atoms with Gasteiger partial charge in [0.05, 0.1) is 12.5 Å². The quantitative estimate of drug-likeness (QED) is 0.0972. The van der Waals surface area contributed by atoms with Crippen molar-refractivity contribution in [2.24, 2.45) is 17.4 Å². The van der Waals surface area contributed by atoms with E-state index in [9.17, 15) is 29.1 Å². The van der Waals surface area contributed by atoms with Crippen molar-refractivity contribution in [2.45, 2.75) is 63.7 Å². The number of aromatic nitrogens is 2. The van der Waals surface area contributed by atoms with E-state index >= 15 is 0 Å². The van der Waals surface area contributed by atoms with E-state index in [1.54, 1.807) is 19.3 Å². The first-order valence-corrected chi connectivity index (χ1v) is 14.8. The van der Waals surface area contributed by atoms with Gasteiger partial charge in [0.2, 0.25) is 23.6 Å². The molecule has 10 N–H and O–H groups in total. The molecule has 4 aromatic rings. The van der Waals surface area contributed by atoms with Gasteiger partial charge < -0.3 is 42.5 Å². The maximum atomic E-state index is 13.8. The molecule has 13 nitrogen and oxygen atoms in total. The average molecular weight is 618 g/mol. The van der Waals surface area contributed by atoms with Crippen LogP contribution in [0.4, 0.5) is 0 Å². The molecule has 0 saturated heterocycles. The highest BCUT2D eigenvalue weighted by Gasteiger charge is 2.33. The van der Waals surface area contributed by atoms with Crippen LogP contribution in [-0.4, -0.2) is 68.8 Å². The molecule has 5 atom stereocenters. The average Bonchev–Trinajstić information content (AvgIpc) is 3.62. The molecule has 0 fully saturated rings. The second-order valence-corrected chi connectivity index (χ2v) is 11.2. The third-order valence-corrected chi connectivity index (χ3v) is 8.00. The van der Waals surface area contributed by atoms with Gasteiger partial charge in [-0.2, -0.15) is 0 Å². The molecule has 13 heteroatoms. The summed E-state index contributed by atoms with van der Waals surface area (Å²) in [6.45, 7) is 3.53. The van der Waals surface area contributed by atoms with Gasteiger partial charge >= 0.3 is 5.97 Å². The van der Waals surface area contributed by atoms with Crippen LogP contribution in [0.3, 0.4) is 0 Å². The van der Waals surface area contributed by atoms with Crippen LogP contribution in [0.2, 0.25) is 0 Å². The lowest BCUT2D eigenvalue weighted by molar-refractivity contribution is -0.144. The Bertz CT molecular complexity index is 1700. The summed E-state index contributed by atoms with van der Waals surface area (Å²) >= 11 is 0. The zero-order chi connectivity index (χ0) is 32.7. The van der Waals surface area contributed by atoms with Gasteiger partial charge in [0.1, 0.15) is 18.1 Å². The fourth-order valence-electron chi connectivity index (χ4n) is 5.26. The van der Waals surface area contributed by atoms with E-state index in [-0.39, 0.29) is 12.8 Å². The van der Waals surface area contributed by atoms with Gasteiger partial charge in [-0.15, -0.1) is 0 Å². The highest BCUT2D eigenvalue weighted by atomic mass is 16.4. The summed E-state index contributed by atoms with van der Waals surface area (Å²) in [6, 6.07) is 10.3. The zero-order valence-electron chi connectivity index (χ0n) is 25.1. The zero-order valence-corrected chi connectivity index (χ0v) is 25.1. The molecule has 0 spiro atoms. The van der Waals surface area contributed by atoms with E-state index in [1.807, 2.05) is 55.5 Å². The van der Waals surface area contributed by atoms with Gasteiger partial charge in [-0.1, -0.05) is 56.7 Å². The van der Waals surface area contributed by atoms with Crippen molar-refractivity contribution in [3.8, 4) is 0 Å². The van der Waals surface area contributed by atoms with Crippen LogP contribution >= 0.6 is 0 Å². The minimum atomic E-state index is -1.57. The van der Waals surface area contributed by atoms with Gasteiger partial charge in [-0.3, -0.25) is 19.2 Å². The van der Waals surface area contributed by atoms with Crippen molar-refractivity contribution in [2.75, 3.05) is 0 Å². The highest BCUT2D eigenvalue weighted by molar-refractivity contribution is 5.96. The number of primary amides is 1. The number of aromatic amines is 2. The van der Waals surface area contributed by atoms with Crippen molar-refractivity contribution < 1.29 is 29.1 Å². The van der Waals surface area contributed by atoms with E-state index in [0.29, 0.717) is 6.42 Å². The summed E-state index contributed by atoms with van der Waals surface area (Å²) in [7, 11) is 0. The normalized spacial score (nSPS) is 14.6. The van der Waals surface area contributed by atoms with Gasteiger partial charge in [0.15, 0.2) is 0 Å². The number of hydrogen-bond donors (Lipinski definition) is 8. The molecule has 0 aliphatic rings. The van der Waals surface area contributed by atoms with Gasteiger partial charge in [0, 0.05) is 40.6 Å². The van der Waals surface area contributed by atoms with Crippen LogP contribution in [0.5, 0.6) is 0 Å². The van der Waals surface area contributed by atoms with Crippen molar-refractivity contribution in [1.82, 2.24) is 25.9 Å². The molecule has 0 aliphatic carbocycles. The van der Waals surface area contributed by atoms with E-state index < -0.39 is 66.1 Å². The summed E-state index contributed by atoms with van der Waals surface area (Å²) in [6.07, 6.45) is 3.69. The van der Waals surface area contributed by atoms with E-state index in [4.69, 9.17) is 11.5 Å². The first-order valence-electron chi connectivity index (χ1n) is 14.8. The van der Waals surface area contributed by atoms with E-state index in [2.05, 4.69) is 25.9 Å². The van der Waals surface area contributed by atoms with Gasteiger partial charge in [-0.05, 0) is 35.6 Å². The van der Waals surface area contributed by atoms with Gasteiger partial charge in [-0.25, -0.2) is 4.79 Å². The topological polar surface area (TPSA) is 225 Å². The minimum absolute atomic E-state index is 0.0790. The number of H-pyrrole nitrogens is 2. The highest BCUT2D eigenvalue weighted by Crippen LogP contribution is 2.21. The standard InChI is InChI=1S/C32H39N7O6/c1-3-17(2)28(31(43)38-26(32(44)45)14-27(34)40)39-30(42)25(13-19-16-36-24-11-7-5-9-21(19)24)37-29(41)22(33)12-18-15-35-23-10-6-4-8-20(18)23/h4-11,15-17,22,25-26,28,35-36H,3,12-14,33H2,1-2H3,(H2,34,40)(H,37,41)(H,38,43)(H,39,42)(H,44,45). The number of fused-ring (bicyclic) bond motifs is 2. The molecule has 2 aromatic carbocycles. The van der Waals surface area contributed by atoms with Crippen molar-refractivity contribution in [3.63, 3.8) is 0 Å². The van der Waals surface area contributed by atoms with Crippen LogP contribution in [0.25, 0.3) is 21.8 Å². The van der Waals surface area contributed by atoms with Crippen molar-refractivity contribution in [1.29, 1.82) is 0 Å². The third-order valence-electron chi connectivity index (χ3n) is 8.00. The molecular weight excluding hydrogens is 578 g/mol. The summed E-state index contributed by atoms with van der Waals surface area (Å²) in [4.78, 5) is 69.8. The Hall–Kier alpha value is -5.17. The second-order valence-electron chi connectivity index (χ2n) is 11.2. The Morgan fingerprint density at radius 2 is 1.31 bits per heavy atom. The monoisotopic (exact) mass is 617 g/mol. The number of para-hydroxylation sites is 2. The molecule has 238 valence electrons. The molecule has 2 heterocycles. The van der Waals surface area contributed by atoms with Crippen molar-refractivity contribution in [3.05, 3.63) is 72.1 Å². The number of carbonyl (C=O) groups is 5. The molecule has 0 aliphatic heterocycles. The molecule has 0 radical (unpaired) electrons. The lowest BCUT2D eigenvalue weighted by atomic mass is 9.96. The number of carboxylic acids is 1. The van der Waals surface area contributed by atoms with Crippen LogP contribution in [0.1, 0.15) is 37.8 Å². The Balaban J connectivity index is 1.56. The van der Waals surface area contributed by atoms with Gasteiger partial charge in [0.25, 0.3) is 0 Å². The summed E-state index contributed by atoms with van der Waals surface area (Å²) in [5.74, 6) is -4.78.